The fraction of sp³-hybridized carbons (Fsp3) is 0.529. The van der Waals surface area contributed by atoms with Crippen LogP contribution in [0.25, 0.3) is 0 Å². The minimum atomic E-state index is -0.712. The third kappa shape index (κ3) is 6.00. The lowest BCUT2D eigenvalue weighted by Crippen LogP contribution is -2.40. The molecule has 0 aliphatic heterocycles. The molecule has 0 bridgehead atoms. The summed E-state index contributed by atoms with van der Waals surface area (Å²) in [6.07, 6.45) is 0.437. The number of hydrogen-bond donors (Lipinski definition) is 2. The van der Waals surface area contributed by atoms with Crippen LogP contribution >= 0.6 is 0 Å². The molecule has 0 radical (unpaired) electrons. The summed E-state index contributed by atoms with van der Waals surface area (Å²) in [5, 5.41) is 11.9. The van der Waals surface area contributed by atoms with Gasteiger partial charge in [0.15, 0.2) is 5.78 Å². The SMILES string of the molecule is CCOC(=O)CC(NCCCO)C(=O)c1cc(C)ccc1OC. The quantitative estimate of drug-likeness (QED) is 0.385. The number of hydrogen-bond acceptors (Lipinski definition) is 6. The van der Waals surface area contributed by atoms with Gasteiger partial charge in [-0.3, -0.25) is 9.59 Å². The molecule has 1 aromatic rings. The minimum absolute atomic E-state index is 0.0150. The molecule has 6 nitrogen and oxygen atoms in total. The number of nitrogens with one attached hydrogen (secondary N) is 1. The van der Waals surface area contributed by atoms with E-state index in [0.717, 1.165) is 5.56 Å². The molecule has 0 aromatic heterocycles. The number of Topliss-reactive ketones (excluding diaryl/α,β-unsaturated/α-hetero) is 1. The summed E-state index contributed by atoms with van der Waals surface area (Å²) in [5.74, 6) is -0.191. The number of ether oxygens (including phenoxy) is 2. The van der Waals surface area contributed by atoms with E-state index < -0.39 is 12.0 Å². The first-order chi connectivity index (χ1) is 11.0. The lowest BCUT2D eigenvalue weighted by atomic mass is 9.99. The maximum absolute atomic E-state index is 12.8. The van der Waals surface area contributed by atoms with Gasteiger partial charge in [-0.25, -0.2) is 0 Å². The Bertz CT molecular complexity index is 530. The van der Waals surface area contributed by atoms with Crippen molar-refractivity contribution in [2.75, 3.05) is 26.9 Å². The van der Waals surface area contributed by atoms with Gasteiger partial charge in [0.05, 0.1) is 31.7 Å². The monoisotopic (exact) mass is 323 g/mol. The number of carbonyl (C=O) groups excluding carboxylic acids is 2. The first-order valence-corrected chi connectivity index (χ1v) is 7.72. The van der Waals surface area contributed by atoms with E-state index in [1.807, 2.05) is 13.0 Å². The number of aryl methyl sites for hydroxylation is 1. The Morgan fingerprint density at radius 2 is 2.09 bits per heavy atom. The molecule has 1 aromatic carbocycles. The van der Waals surface area contributed by atoms with Gasteiger partial charge in [0.2, 0.25) is 0 Å². The van der Waals surface area contributed by atoms with Crippen LogP contribution in [0.4, 0.5) is 0 Å². The smallest absolute Gasteiger partial charge is 0.307 e. The van der Waals surface area contributed by atoms with E-state index in [2.05, 4.69) is 5.32 Å². The number of esters is 1. The Morgan fingerprint density at radius 1 is 1.35 bits per heavy atom. The van der Waals surface area contributed by atoms with Crippen molar-refractivity contribution in [2.45, 2.75) is 32.7 Å². The van der Waals surface area contributed by atoms with Crippen molar-refractivity contribution >= 4 is 11.8 Å². The van der Waals surface area contributed by atoms with Crippen LogP contribution in [0.5, 0.6) is 5.75 Å². The van der Waals surface area contributed by atoms with E-state index in [0.29, 0.717) is 24.3 Å². The van der Waals surface area contributed by atoms with Crippen LogP contribution in [0, 0.1) is 6.92 Å². The topological polar surface area (TPSA) is 84.9 Å². The molecule has 0 amide bonds. The molecule has 1 rings (SSSR count). The second-order valence-electron chi connectivity index (χ2n) is 5.16. The molecule has 6 heteroatoms. The summed E-state index contributed by atoms with van der Waals surface area (Å²) in [6.45, 7) is 4.32. The van der Waals surface area contributed by atoms with Gasteiger partial charge >= 0.3 is 5.97 Å². The van der Waals surface area contributed by atoms with Crippen molar-refractivity contribution in [3.8, 4) is 5.75 Å². The molecule has 0 aliphatic carbocycles. The van der Waals surface area contributed by atoms with Crippen molar-refractivity contribution in [2.24, 2.45) is 0 Å². The number of ketones is 1. The first kappa shape index (κ1) is 19.1. The predicted octanol–water partition coefficient (Wildman–Crippen LogP) is 1.48. The second-order valence-corrected chi connectivity index (χ2v) is 5.16. The average molecular weight is 323 g/mol. The Balaban J connectivity index is 2.97. The number of benzene rings is 1. The van der Waals surface area contributed by atoms with E-state index >= 15 is 0 Å². The fourth-order valence-corrected chi connectivity index (χ4v) is 2.20. The summed E-state index contributed by atoms with van der Waals surface area (Å²) in [7, 11) is 1.50. The Labute approximate surface area is 136 Å². The molecule has 0 aliphatic rings. The number of carbonyl (C=O) groups is 2. The third-order valence-electron chi connectivity index (χ3n) is 3.34. The highest BCUT2D eigenvalue weighted by molar-refractivity contribution is 6.04. The lowest BCUT2D eigenvalue weighted by molar-refractivity contribution is -0.143. The molecule has 1 atom stereocenters. The highest BCUT2D eigenvalue weighted by Crippen LogP contribution is 2.22. The van der Waals surface area contributed by atoms with Crippen LogP contribution in [0.3, 0.4) is 0 Å². The van der Waals surface area contributed by atoms with Gasteiger partial charge in [0, 0.05) is 6.61 Å². The summed E-state index contributed by atoms with van der Waals surface area (Å²) in [6, 6.07) is 4.62. The van der Waals surface area contributed by atoms with Gasteiger partial charge < -0.3 is 19.9 Å². The largest absolute Gasteiger partial charge is 0.496 e. The van der Waals surface area contributed by atoms with Crippen LogP contribution in [0.1, 0.15) is 35.7 Å². The molecule has 0 heterocycles. The van der Waals surface area contributed by atoms with Gasteiger partial charge in [-0.05, 0) is 38.9 Å². The minimum Gasteiger partial charge on any atom is -0.496 e. The van der Waals surface area contributed by atoms with Crippen LogP contribution < -0.4 is 10.1 Å². The molecule has 0 saturated heterocycles. The molecular formula is C17H25NO5. The summed E-state index contributed by atoms with van der Waals surface area (Å²) in [4.78, 5) is 24.5. The van der Waals surface area contributed by atoms with Crippen LogP contribution in [-0.4, -0.2) is 49.8 Å². The van der Waals surface area contributed by atoms with Crippen molar-refractivity contribution in [3.63, 3.8) is 0 Å². The Morgan fingerprint density at radius 3 is 2.70 bits per heavy atom. The summed E-state index contributed by atoms with van der Waals surface area (Å²) < 4.78 is 10.2. The zero-order valence-corrected chi connectivity index (χ0v) is 13.9. The number of aliphatic hydroxyl groups is 1. The van der Waals surface area contributed by atoms with Crippen LogP contribution in [0.2, 0.25) is 0 Å². The lowest BCUT2D eigenvalue weighted by Gasteiger charge is -2.18. The molecular weight excluding hydrogens is 298 g/mol. The van der Waals surface area contributed by atoms with Crippen LogP contribution in [-0.2, 0) is 9.53 Å². The highest BCUT2D eigenvalue weighted by Gasteiger charge is 2.25. The van der Waals surface area contributed by atoms with Gasteiger partial charge in [0.1, 0.15) is 5.75 Å². The second kappa shape index (κ2) is 9.97. The third-order valence-corrected chi connectivity index (χ3v) is 3.34. The number of methoxy groups -OCH3 is 1. The summed E-state index contributed by atoms with van der Waals surface area (Å²) in [5.41, 5.74) is 1.36. The average Bonchev–Trinajstić information content (AvgIpc) is 2.53. The first-order valence-electron chi connectivity index (χ1n) is 7.72. The maximum Gasteiger partial charge on any atom is 0.307 e. The number of aliphatic hydroxyl groups excluding tert-OH is 1. The van der Waals surface area contributed by atoms with Gasteiger partial charge in [-0.2, -0.15) is 0 Å². The highest BCUT2D eigenvalue weighted by atomic mass is 16.5. The van der Waals surface area contributed by atoms with Gasteiger partial charge in [-0.1, -0.05) is 11.6 Å². The van der Waals surface area contributed by atoms with Crippen LogP contribution in [0.15, 0.2) is 18.2 Å². The number of rotatable bonds is 10. The molecule has 0 spiro atoms. The molecule has 1 unspecified atom stereocenters. The molecule has 0 fully saturated rings. The van der Waals surface area contributed by atoms with Gasteiger partial charge in [-0.15, -0.1) is 0 Å². The van der Waals surface area contributed by atoms with E-state index in [9.17, 15) is 9.59 Å². The van der Waals surface area contributed by atoms with Crippen molar-refractivity contribution in [1.82, 2.24) is 5.32 Å². The molecule has 0 saturated carbocycles. The Kier molecular flexibility index (Phi) is 8.29. The Hall–Kier alpha value is -1.92. The van der Waals surface area contributed by atoms with E-state index in [4.69, 9.17) is 14.6 Å². The van der Waals surface area contributed by atoms with Crippen molar-refractivity contribution in [1.29, 1.82) is 0 Å². The zero-order valence-electron chi connectivity index (χ0n) is 13.9. The van der Waals surface area contributed by atoms with E-state index in [1.54, 1.807) is 19.1 Å². The molecule has 23 heavy (non-hydrogen) atoms. The van der Waals surface area contributed by atoms with Crippen molar-refractivity contribution < 1.29 is 24.2 Å². The molecule has 128 valence electrons. The van der Waals surface area contributed by atoms with E-state index in [1.165, 1.54) is 7.11 Å². The van der Waals surface area contributed by atoms with E-state index in [-0.39, 0.29) is 25.4 Å². The normalized spacial score (nSPS) is 11.8. The molecule has 2 N–H and O–H groups in total. The van der Waals surface area contributed by atoms with Gasteiger partial charge in [0.25, 0.3) is 0 Å². The zero-order chi connectivity index (χ0) is 17.2. The summed E-state index contributed by atoms with van der Waals surface area (Å²) >= 11 is 0. The standard InChI is InChI=1S/C17H25NO5/c1-4-23-16(20)11-14(18-8-5-9-19)17(21)13-10-12(2)6-7-15(13)22-3/h6-7,10,14,18-19H,4-5,8-9,11H2,1-3H3. The predicted molar refractivity (Wildman–Crippen MR) is 86.8 cm³/mol. The van der Waals surface area contributed by atoms with Crippen molar-refractivity contribution in [3.05, 3.63) is 29.3 Å². The maximum atomic E-state index is 12.8. The fourth-order valence-electron chi connectivity index (χ4n) is 2.20.